The molecular weight excluding hydrogens is 340 g/mol. The van der Waals surface area contributed by atoms with Crippen LogP contribution in [0.3, 0.4) is 0 Å². The van der Waals surface area contributed by atoms with Crippen LogP contribution in [0.25, 0.3) is 10.8 Å². The van der Waals surface area contributed by atoms with E-state index in [-0.39, 0.29) is 28.4 Å². The average Bonchev–Trinajstić information content (AvgIpc) is 2.61. The molecule has 3 amide bonds. The van der Waals surface area contributed by atoms with E-state index in [0.717, 1.165) is 6.07 Å². The quantitative estimate of drug-likeness (QED) is 0.477. The van der Waals surface area contributed by atoms with E-state index in [2.05, 4.69) is 5.32 Å². The lowest BCUT2D eigenvalue weighted by atomic mass is 10.0. The van der Waals surface area contributed by atoms with Crippen molar-refractivity contribution < 1.29 is 29.3 Å². The van der Waals surface area contributed by atoms with Crippen molar-refractivity contribution in [2.75, 3.05) is 13.2 Å². The topological polar surface area (TPSA) is 125 Å². The number of ether oxygens (including phenoxy) is 1. The number of amides is 3. The summed E-state index contributed by atoms with van der Waals surface area (Å²) < 4.78 is 4.80. The van der Waals surface area contributed by atoms with Gasteiger partial charge in [-0.2, -0.15) is 0 Å². The Hall–Kier alpha value is -3.29. The molecule has 2 rings (SSSR count). The van der Waals surface area contributed by atoms with Gasteiger partial charge in [-0.1, -0.05) is 38.1 Å². The highest BCUT2D eigenvalue weighted by Crippen LogP contribution is 2.35. The first-order valence-corrected chi connectivity index (χ1v) is 7.98. The molecule has 0 spiro atoms. The van der Waals surface area contributed by atoms with Crippen molar-refractivity contribution in [3.8, 4) is 11.5 Å². The highest BCUT2D eigenvalue weighted by Gasteiger charge is 2.19. The molecule has 0 heterocycles. The van der Waals surface area contributed by atoms with Crippen LogP contribution in [0, 0.1) is 5.92 Å². The number of urea groups is 1. The SMILES string of the molecule is CC(C)CNC(=O)NC(=O)COC(=O)c1cc(O)c2ccccc2c1O. The summed E-state index contributed by atoms with van der Waals surface area (Å²) in [6, 6.07) is 6.81. The van der Waals surface area contributed by atoms with Crippen LogP contribution in [0.2, 0.25) is 0 Å². The van der Waals surface area contributed by atoms with Gasteiger partial charge in [-0.15, -0.1) is 0 Å². The maximum atomic E-state index is 12.1. The fourth-order valence-corrected chi connectivity index (χ4v) is 2.21. The minimum atomic E-state index is -0.999. The first kappa shape index (κ1) is 19.0. The highest BCUT2D eigenvalue weighted by molar-refractivity contribution is 6.04. The first-order chi connectivity index (χ1) is 12.3. The van der Waals surface area contributed by atoms with E-state index in [1.165, 1.54) is 6.07 Å². The zero-order valence-corrected chi connectivity index (χ0v) is 14.4. The number of carbonyl (C=O) groups excluding carboxylic acids is 3. The van der Waals surface area contributed by atoms with E-state index in [4.69, 9.17) is 4.74 Å². The van der Waals surface area contributed by atoms with Gasteiger partial charge in [0.05, 0.1) is 0 Å². The number of phenolic OH excluding ortho intramolecular Hbond substituents is 2. The Balaban J connectivity index is 2.00. The van der Waals surface area contributed by atoms with Gasteiger partial charge in [-0.05, 0) is 12.0 Å². The Labute approximate surface area is 149 Å². The van der Waals surface area contributed by atoms with Crippen molar-refractivity contribution in [1.29, 1.82) is 0 Å². The molecule has 2 aromatic rings. The van der Waals surface area contributed by atoms with Crippen molar-refractivity contribution in [3.63, 3.8) is 0 Å². The number of hydrogen-bond donors (Lipinski definition) is 4. The van der Waals surface area contributed by atoms with Crippen LogP contribution in [0.4, 0.5) is 4.79 Å². The summed E-state index contributed by atoms with van der Waals surface area (Å²) in [6.07, 6.45) is 0. The largest absolute Gasteiger partial charge is 0.507 e. The number of aromatic hydroxyl groups is 2. The Kier molecular flexibility index (Phi) is 6.00. The molecule has 0 saturated carbocycles. The van der Waals surface area contributed by atoms with Gasteiger partial charge in [0, 0.05) is 17.3 Å². The van der Waals surface area contributed by atoms with Gasteiger partial charge < -0.3 is 20.3 Å². The minimum Gasteiger partial charge on any atom is -0.507 e. The van der Waals surface area contributed by atoms with Crippen LogP contribution in [0.15, 0.2) is 30.3 Å². The number of rotatable bonds is 5. The number of carbonyl (C=O) groups is 3. The molecule has 0 radical (unpaired) electrons. The maximum absolute atomic E-state index is 12.1. The van der Waals surface area contributed by atoms with E-state index < -0.39 is 24.5 Å². The van der Waals surface area contributed by atoms with Gasteiger partial charge >= 0.3 is 12.0 Å². The molecule has 0 aromatic heterocycles. The second-order valence-electron chi connectivity index (χ2n) is 6.07. The number of esters is 1. The maximum Gasteiger partial charge on any atom is 0.342 e. The van der Waals surface area contributed by atoms with Crippen LogP contribution in [0.5, 0.6) is 11.5 Å². The molecule has 0 aliphatic heterocycles. The Morgan fingerprint density at radius 1 is 1.12 bits per heavy atom. The molecule has 0 aliphatic rings. The summed E-state index contributed by atoms with van der Waals surface area (Å²) in [7, 11) is 0. The predicted octanol–water partition coefficient (Wildman–Crippen LogP) is 1.89. The normalized spacial score (nSPS) is 10.6. The van der Waals surface area contributed by atoms with Crippen molar-refractivity contribution >= 4 is 28.7 Å². The van der Waals surface area contributed by atoms with Crippen molar-refractivity contribution in [1.82, 2.24) is 10.6 Å². The van der Waals surface area contributed by atoms with Crippen molar-refractivity contribution in [2.24, 2.45) is 5.92 Å². The van der Waals surface area contributed by atoms with Gasteiger partial charge in [0.15, 0.2) is 6.61 Å². The fraction of sp³-hybridized carbons (Fsp3) is 0.278. The molecule has 2 aromatic carbocycles. The summed E-state index contributed by atoms with van der Waals surface area (Å²) >= 11 is 0. The predicted molar refractivity (Wildman–Crippen MR) is 93.9 cm³/mol. The lowest BCUT2D eigenvalue weighted by Crippen LogP contribution is -2.42. The second-order valence-corrected chi connectivity index (χ2v) is 6.07. The van der Waals surface area contributed by atoms with Crippen molar-refractivity contribution in [2.45, 2.75) is 13.8 Å². The van der Waals surface area contributed by atoms with E-state index in [9.17, 15) is 24.6 Å². The zero-order valence-electron chi connectivity index (χ0n) is 14.4. The van der Waals surface area contributed by atoms with E-state index >= 15 is 0 Å². The molecule has 138 valence electrons. The lowest BCUT2D eigenvalue weighted by molar-refractivity contribution is -0.123. The standard InChI is InChI=1S/C18H20N2O6/c1-10(2)8-19-18(25)20-15(22)9-26-17(24)13-7-14(21)11-5-3-4-6-12(11)16(13)23/h3-7,10,21,23H,8-9H2,1-2H3,(H2,19,20,22,25). The molecule has 0 bridgehead atoms. The Bertz CT molecular complexity index is 847. The number of benzene rings is 2. The molecule has 4 N–H and O–H groups in total. The number of hydrogen-bond acceptors (Lipinski definition) is 6. The molecule has 0 atom stereocenters. The van der Waals surface area contributed by atoms with Gasteiger partial charge in [0.25, 0.3) is 5.91 Å². The third-order valence-electron chi connectivity index (χ3n) is 3.47. The van der Waals surface area contributed by atoms with Crippen LogP contribution in [0.1, 0.15) is 24.2 Å². The molecule has 8 heteroatoms. The molecule has 0 aliphatic carbocycles. The Morgan fingerprint density at radius 2 is 1.77 bits per heavy atom. The molecule has 26 heavy (non-hydrogen) atoms. The summed E-state index contributed by atoms with van der Waals surface area (Å²) in [5, 5.41) is 25.3. The minimum absolute atomic E-state index is 0.206. The monoisotopic (exact) mass is 360 g/mol. The lowest BCUT2D eigenvalue weighted by Gasteiger charge is -2.11. The van der Waals surface area contributed by atoms with Gasteiger partial charge in [-0.3, -0.25) is 10.1 Å². The summed E-state index contributed by atoms with van der Waals surface area (Å²) in [5.41, 5.74) is -0.279. The summed E-state index contributed by atoms with van der Waals surface area (Å²) in [5.74, 6) is -2.16. The summed E-state index contributed by atoms with van der Waals surface area (Å²) in [4.78, 5) is 35.2. The van der Waals surface area contributed by atoms with E-state index in [1.54, 1.807) is 18.2 Å². The molecule has 0 fully saturated rings. The van der Waals surface area contributed by atoms with Gasteiger partial charge in [-0.25, -0.2) is 9.59 Å². The zero-order chi connectivity index (χ0) is 19.3. The molecular formula is C18H20N2O6. The molecule has 8 nitrogen and oxygen atoms in total. The number of fused-ring (bicyclic) bond motifs is 1. The second kappa shape index (κ2) is 8.19. The van der Waals surface area contributed by atoms with Crippen molar-refractivity contribution in [3.05, 3.63) is 35.9 Å². The fourth-order valence-electron chi connectivity index (χ4n) is 2.21. The number of imide groups is 1. The third-order valence-corrected chi connectivity index (χ3v) is 3.47. The highest BCUT2D eigenvalue weighted by atomic mass is 16.5. The van der Waals surface area contributed by atoms with Crippen LogP contribution >= 0.6 is 0 Å². The molecule has 0 saturated heterocycles. The number of phenols is 2. The van der Waals surface area contributed by atoms with E-state index in [1.807, 2.05) is 19.2 Å². The Morgan fingerprint density at radius 3 is 2.42 bits per heavy atom. The third kappa shape index (κ3) is 4.62. The van der Waals surface area contributed by atoms with Crippen LogP contribution in [-0.4, -0.2) is 41.3 Å². The molecule has 0 unspecified atom stereocenters. The smallest absolute Gasteiger partial charge is 0.342 e. The first-order valence-electron chi connectivity index (χ1n) is 7.98. The average molecular weight is 360 g/mol. The van der Waals surface area contributed by atoms with Crippen LogP contribution in [-0.2, 0) is 9.53 Å². The van der Waals surface area contributed by atoms with Gasteiger partial charge in [0.2, 0.25) is 0 Å². The van der Waals surface area contributed by atoms with E-state index in [0.29, 0.717) is 11.9 Å². The summed E-state index contributed by atoms with van der Waals surface area (Å²) in [6.45, 7) is 3.48. The number of nitrogens with one attached hydrogen (secondary N) is 2. The van der Waals surface area contributed by atoms with Gasteiger partial charge in [0.1, 0.15) is 17.1 Å². The van der Waals surface area contributed by atoms with Crippen LogP contribution < -0.4 is 10.6 Å².